The van der Waals surface area contributed by atoms with E-state index in [0.717, 1.165) is 5.56 Å². The molecule has 0 atom stereocenters. The van der Waals surface area contributed by atoms with E-state index in [2.05, 4.69) is 0 Å². The highest BCUT2D eigenvalue weighted by molar-refractivity contribution is 6.02. The van der Waals surface area contributed by atoms with E-state index in [0.29, 0.717) is 29.8 Å². The monoisotopic (exact) mass is 206 g/mol. The lowest BCUT2D eigenvalue weighted by atomic mass is 9.99. The molecule has 80 valence electrons. The number of ether oxygens (including phenoxy) is 1. The van der Waals surface area contributed by atoms with Crippen molar-refractivity contribution < 1.29 is 14.3 Å². The number of hydrogen-bond acceptors (Lipinski definition) is 3. The zero-order valence-electron chi connectivity index (χ0n) is 9.16. The Morgan fingerprint density at radius 3 is 2.60 bits per heavy atom. The standard InChI is InChI=1S/C12H14O3/c1-4-15-12-6-5-10(9(3)14)11(7-13)8(12)2/h5-7H,4H2,1-3H3. The third kappa shape index (κ3) is 2.24. The van der Waals surface area contributed by atoms with Gasteiger partial charge < -0.3 is 4.74 Å². The van der Waals surface area contributed by atoms with Gasteiger partial charge in [-0.05, 0) is 32.9 Å². The number of hydrogen-bond donors (Lipinski definition) is 0. The van der Waals surface area contributed by atoms with Crippen molar-refractivity contribution in [3.05, 3.63) is 28.8 Å². The molecule has 1 rings (SSSR count). The maximum Gasteiger partial charge on any atom is 0.160 e. The molecule has 15 heavy (non-hydrogen) atoms. The number of rotatable bonds is 4. The Morgan fingerprint density at radius 1 is 1.47 bits per heavy atom. The first kappa shape index (κ1) is 11.4. The van der Waals surface area contributed by atoms with Crippen LogP contribution in [0.4, 0.5) is 0 Å². The van der Waals surface area contributed by atoms with Crippen molar-refractivity contribution in [2.45, 2.75) is 20.8 Å². The summed E-state index contributed by atoms with van der Waals surface area (Å²) in [6.07, 6.45) is 0.703. The van der Waals surface area contributed by atoms with Crippen LogP contribution in [0.3, 0.4) is 0 Å². The topological polar surface area (TPSA) is 43.4 Å². The quantitative estimate of drug-likeness (QED) is 0.561. The third-order valence-corrected chi connectivity index (χ3v) is 2.26. The highest BCUT2D eigenvalue weighted by atomic mass is 16.5. The molecule has 0 fully saturated rings. The predicted molar refractivity (Wildman–Crippen MR) is 57.7 cm³/mol. The SMILES string of the molecule is CCOc1ccc(C(C)=O)c(C=O)c1C. The Kier molecular flexibility index (Phi) is 3.61. The van der Waals surface area contributed by atoms with Gasteiger partial charge in [-0.15, -0.1) is 0 Å². The molecule has 0 bridgehead atoms. The molecule has 0 spiro atoms. The number of ketones is 1. The van der Waals surface area contributed by atoms with E-state index in [1.54, 1.807) is 19.1 Å². The highest BCUT2D eigenvalue weighted by Gasteiger charge is 2.12. The largest absolute Gasteiger partial charge is 0.494 e. The molecule has 0 N–H and O–H groups in total. The lowest BCUT2D eigenvalue weighted by Crippen LogP contribution is -2.04. The van der Waals surface area contributed by atoms with E-state index in [-0.39, 0.29) is 5.78 Å². The summed E-state index contributed by atoms with van der Waals surface area (Å²) < 4.78 is 5.34. The Hall–Kier alpha value is -1.64. The van der Waals surface area contributed by atoms with Gasteiger partial charge in [-0.25, -0.2) is 0 Å². The molecule has 3 nitrogen and oxygen atoms in total. The summed E-state index contributed by atoms with van der Waals surface area (Å²) in [5, 5.41) is 0. The zero-order valence-corrected chi connectivity index (χ0v) is 9.16. The molecule has 0 aliphatic carbocycles. The van der Waals surface area contributed by atoms with Gasteiger partial charge in [-0.3, -0.25) is 9.59 Å². The molecular weight excluding hydrogens is 192 g/mol. The van der Waals surface area contributed by atoms with Gasteiger partial charge >= 0.3 is 0 Å². The molecule has 0 heterocycles. The molecule has 0 aliphatic rings. The van der Waals surface area contributed by atoms with Crippen LogP contribution in [0, 0.1) is 6.92 Å². The average Bonchev–Trinajstić information content (AvgIpc) is 2.20. The first-order valence-electron chi connectivity index (χ1n) is 4.84. The molecule has 3 heteroatoms. The molecular formula is C12H14O3. The van der Waals surface area contributed by atoms with Crippen molar-refractivity contribution >= 4 is 12.1 Å². The highest BCUT2D eigenvalue weighted by Crippen LogP contribution is 2.24. The second-order valence-electron chi connectivity index (χ2n) is 3.26. The van der Waals surface area contributed by atoms with Crippen molar-refractivity contribution in [2.24, 2.45) is 0 Å². The van der Waals surface area contributed by atoms with Crippen LogP contribution in [0.2, 0.25) is 0 Å². The van der Waals surface area contributed by atoms with Gasteiger partial charge in [-0.1, -0.05) is 0 Å². The fraction of sp³-hybridized carbons (Fsp3) is 0.333. The van der Waals surface area contributed by atoms with Crippen LogP contribution in [0.1, 0.15) is 40.1 Å². The van der Waals surface area contributed by atoms with Gasteiger partial charge in [0.2, 0.25) is 0 Å². The van der Waals surface area contributed by atoms with Gasteiger partial charge in [0.15, 0.2) is 12.1 Å². The van der Waals surface area contributed by atoms with Crippen LogP contribution in [-0.4, -0.2) is 18.7 Å². The van der Waals surface area contributed by atoms with Crippen LogP contribution in [0.15, 0.2) is 12.1 Å². The minimum atomic E-state index is -0.108. The summed E-state index contributed by atoms with van der Waals surface area (Å²) in [4.78, 5) is 22.1. The van der Waals surface area contributed by atoms with Gasteiger partial charge in [0.05, 0.1) is 6.61 Å². The summed E-state index contributed by atoms with van der Waals surface area (Å²) in [5.74, 6) is 0.549. The first-order chi connectivity index (χ1) is 7.11. The van der Waals surface area contributed by atoms with Gasteiger partial charge in [-0.2, -0.15) is 0 Å². The fourth-order valence-corrected chi connectivity index (χ4v) is 1.48. The van der Waals surface area contributed by atoms with Crippen molar-refractivity contribution in [3.63, 3.8) is 0 Å². The molecule has 0 aromatic heterocycles. The lowest BCUT2D eigenvalue weighted by Gasteiger charge is -2.10. The van der Waals surface area contributed by atoms with Gasteiger partial charge in [0.25, 0.3) is 0 Å². The summed E-state index contributed by atoms with van der Waals surface area (Å²) in [7, 11) is 0. The van der Waals surface area contributed by atoms with Crippen molar-refractivity contribution in [3.8, 4) is 5.75 Å². The summed E-state index contributed by atoms with van der Waals surface area (Å²) >= 11 is 0. The molecule has 0 unspecified atom stereocenters. The van der Waals surface area contributed by atoms with Gasteiger partial charge in [0, 0.05) is 16.7 Å². The van der Waals surface area contributed by atoms with Crippen LogP contribution < -0.4 is 4.74 Å². The molecule has 0 radical (unpaired) electrons. The third-order valence-electron chi connectivity index (χ3n) is 2.26. The molecule has 0 saturated carbocycles. The minimum absolute atomic E-state index is 0.108. The lowest BCUT2D eigenvalue weighted by molar-refractivity contribution is 0.100. The molecule has 0 aliphatic heterocycles. The van der Waals surface area contributed by atoms with Crippen LogP contribution in [0.25, 0.3) is 0 Å². The molecule has 0 saturated heterocycles. The zero-order chi connectivity index (χ0) is 11.4. The predicted octanol–water partition coefficient (Wildman–Crippen LogP) is 2.41. The van der Waals surface area contributed by atoms with Crippen molar-refractivity contribution in [1.82, 2.24) is 0 Å². The van der Waals surface area contributed by atoms with E-state index < -0.39 is 0 Å². The van der Waals surface area contributed by atoms with Gasteiger partial charge in [0.1, 0.15) is 5.75 Å². The van der Waals surface area contributed by atoms with E-state index in [9.17, 15) is 9.59 Å². The maximum atomic E-state index is 11.2. The second kappa shape index (κ2) is 4.73. The maximum absolute atomic E-state index is 11.2. The normalized spacial score (nSPS) is 9.80. The molecule has 1 aromatic rings. The number of aldehydes is 1. The van der Waals surface area contributed by atoms with Crippen molar-refractivity contribution in [1.29, 1.82) is 0 Å². The molecule has 1 aromatic carbocycles. The fourth-order valence-electron chi connectivity index (χ4n) is 1.48. The minimum Gasteiger partial charge on any atom is -0.494 e. The van der Waals surface area contributed by atoms with E-state index >= 15 is 0 Å². The molecule has 0 amide bonds. The summed E-state index contributed by atoms with van der Waals surface area (Å²) in [6, 6.07) is 3.35. The second-order valence-corrected chi connectivity index (χ2v) is 3.26. The Bertz CT molecular complexity index is 394. The van der Waals surface area contributed by atoms with Crippen LogP contribution in [-0.2, 0) is 0 Å². The Morgan fingerprint density at radius 2 is 2.13 bits per heavy atom. The number of carbonyl (C=O) groups excluding carboxylic acids is 2. The van der Waals surface area contributed by atoms with Crippen molar-refractivity contribution in [2.75, 3.05) is 6.61 Å². The van der Waals surface area contributed by atoms with E-state index in [1.165, 1.54) is 6.92 Å². The Labute approximate surface area is 89.1 Å². The smallest absolute Gasteiger partial charge is 0.160 e. The summed E-state index contributed by atoms with van der Waals surface area (Å²) in [6.45, 7) is 5.64. The first-order valence-corrected chi connectivity index (χ1v) is 4.84. The van der Waals surface area contributed by atoms with Crippen LogP contribution in [0.5, 0.6) is 5.75 Å². The van der Waals surface area contributed by atoms with Crippen LogP contribution >= 0.6 is 0 Å². The summed E-state index contributed by atoms with van der Waals surface area (Å²) in [5.41, 5.74) is 1.60. The Balaban J connectivity index is 3.32. The average molecular weight is 206 g/mol. The number of benzene rings is 1. The number of Topliss-reactive ketones (excluding diaryl/α,β-unsaturated/α-hetero) is 1. The van der Waals surface area contributed by atoms with E-state index in [1.807, 2.05) is 6.92 Å². The number of carbonyl (C=O) groups is 2. The van der Waals surface area contributed by atoms with E-state index in [4.69, 9.17) is 4.74 Å².